The maximum absolute atomic E-state index is 3.70. The summed E-state index contributed by atoms with van der Waals surface area (Å²) in [6, 6.07) is 0. The molecule has 0 bridgehead atoms. The van der Waals surface area contributed by atoms with Crippen LogP contribution < -0.4 is 0 Å². The van der Waals surface area contributed by atoms with E-state index in [4.69, 9.17) is 0 Å². The Morgan fingerprint density at radius 1 is 1.58 bits per heavy atom. The van der Waals surface area contributed by atoms with E-state index in [-0.39, 0.29) is 0 Å². The highest BCUT2D eigenvalue weighted by Crippen LogP contribution is 2.20. The van der Waals surface area contributed by atoms with E-state index in [1.807, 2.05) is 19.1 Å². The molecule has 62 valence electrons. The molecule has 1 aliphatic carbocycles. The highest BCUT2D eigenvalue weighted by atomic mass is 14.1. The molecule has 0 saturated carbocycles. The van der Waals surface area contributed by atoms with E-state index in [2.05, 4.69) is 37.0 Å². The van der Waals surface area contributed by atoms with Crippen molar-refractivity contribution in [2.24, 2.45) is 0 Å². The van der Waals surface area contributed by atoms with E-state index in [1.54, 1.807) is 0 Å². The van der Waals surface area contributed by atoms with Crippen molar-refractivity contribution in [1.29, 1.82) is 0 Å². The van der Waals surface area contributed by atoms with Crippen LogP contribution in [0.1, 0.15) is 13.3 Å². The quantitative estimate of drug-likeness (QED) is 0.551. The zero-order chi connectivity index (χ0) is 8.81. The van der Waals surface area contributed by atoms with Gasteiger partial charge in [-0.05, 0) is 24.5 Å². The Hall–Kier alpha value is -1.30. The Kier molecular flexibility index (Phi) is 3.34. The van der Waals surface area contributed by atoms with Crippen LogP contribution in [0.25, 0.3) is 0 Å². The summed E-state index contributed by atoms with van der Waals surface area (Å²) in [6.45, 7) is 5.72. The lowest BCUT2D eigenvalue weighted by molar-refractivity contribution is 1.28. The third-order valence-corrected chi connectivity index (χ3v) is 1.79. The Labute approximate surface area is 74.3 Å². The number of hydrogen-bond donors (Lipinski definition) is 0. The molecule has 0 aliphatic heterocycles. The predicted molar refractivity (Wildman–Crippen MR) is 54.9 cm³/mol. The molecule has 12 heavy (non-hydrogen) atoms. The van der Waals surface area contributed by atoms with Crippen molar-refractivity contribution in [3.63, 3.8) is 0 Å². The van der Waals surface area contributed by atoms with Gasteiger partial charge in [0, 0.05) is 0 Å². The van der Waals surface area contributed by atoms with Gasteiger partial charge in [-0.2, -0.15) is 0 Å². The van der Waals surface area contributed by atoms with Crippen molar-refractivity contribution in [2.75, 3.05) is 0 Å². The van der Waals surface area contributed by atoms with Gasteiger partial charge in [0.05, 0.1) is 0 Å². The molecular weight excluding hydrogens is 144 g/mol. The van der Waals surface area contributed by atoms with Gasteiger partial charge in [-0.25, -0.2) is 0 Å². The molecule has 0 aromatic carbocycles. The third kappa shape index (κ3) is 2.09. The second-order valence-corrected chi connectivity index (χ2v) is 2.68. The molecular formula is C12H14. The van der Waals surface area contributed by atoms with Crippen molar-refractivity contribution >= 4 is 0 Å². The molecule has 0 saturated heterocycles. The molecule has 0 heteroatoms. The lowest BCUT2D eigenvalue weighted by atomic mass is 10.0. The molecule has 1 aliphatic rings. The summed E-state index contributed by atoms with van der Waals surface area (Å²) < 4.78 is 0. The maximum Gasteiger partial charge on any atom is -0.00884 e. The molecule has 0 nitrogen and oxygen atoms in total. The first-order valence-corrected chi connectivity index (χ1v) is 4.20. The second-order valence-electron chi connectivity index (χ2n) is 2.68. The van der Waals surface area contributed by atoms with Gasteiger partial charge in [0.2, 0.25) is 0 Å². The number of allylic oxidation sites excluding steroid dienone is 9. The van der Waals surface area contributed by atoms with Gasteiger partial charge in [-0.3, -0.25) is 0 Å². The van der Waals surface area contributed by atoms with Crippen LogP contribution >= 0.6 is 0 Å². The minimum absolute atomic E-state index is 1.05. The minimum atomic E-state index is 1.05. The SMILES string of the molecule is C=C/C=C(\C=C/C)C1=CC=CC1. The zero-order valence-electron chi connectivity index (χ0n) is 7.46. The minimum Gasteiger partial charge on any atom is -0.0990 e. The molecule has 0 spiro atoms. The van der Waals surface area contributed by atoms with Gasteiger partial charge in [0.1, 0.15) is 0 Å². The van der Waals surface area contributed by atoms with Gasteiger partial charge in [0.15, 0.2) is 0 Å². The van der Waals surface area contributed by atoms with Crippen molar-refractivity contribution in [3.8, 4) is 0 Å². The summed E-state index contributed by atoms with van der Waals surface area (Å²) in [5.74, 6) is 0. The highest BCUT2D eigenvalue weighted by Gasteiger charge is 2.01. The summed E-state index contributed by atoms with van der Waals surface area (Å²) in [6.07, 6.45) is 15.5. The van der Waals surface area contributed by atoms with Crippen LogP contribution in [-0.4, -0.2) is 0 Å². The first-order chi connectivity index (χ1) is 5.88. The summed E-state index contributed by atoms with van der Waals surface area (Å²) >= 11 is 0. The fourth-order valence-electron chi connectivity index (χ4n) is 1.24. The largest absolute Gasteiger partial charge is 0.0990 e. The molecule has 0 atom stereocenters. The van der Waals surface area contributed by atoms with Crippen LogP contribution in [0.15, 0.2) is 60.3 Å². The van der Waals surface area contributed by atoms with Crippen molar-refractivity contribution in [1.82, 2.24) is 0 Å². The van der Waals surface area contributed by atoms with Crippen LogP contribution in [0.4, 0.5) is 0 Å². The molecule has 0 aromatic heterocycles. The molecule has 0 N–H and O–H groups in total. The van der Waals surface area contributed by atoms with E-state index in [9.17, 15) is 0 Å². The normalized spacial score (nSPS) is 17.1. The number of hydrogen-bond acceptors (Lipinski definition) is 0. The van der Waals surface area contributed by atoms with Gasteiger partial charge in [-0.15, -0.1) is 0 Å². The highest BCUT2D eigenvalue weighted by molar-refractivity contribution is 5.46. The fraction of sp³-hybridized carbons (Fsp3) is 0.167. The van der Waals surface area contributed by atoms with Crippen LogP contribution in [-0.2, 0) is 0 Å². The second kappa shape index (κ2) is 4.55. The average Bonchev–Trinajstić information content (AvgIpc) is 2.56. The summed E-state index contributed by atoms with van der Waals surface area (Å²) in [5, 5.41) is 0. The van der Waals surface area contributed by atoms with Crippen LogP contribution in [0.5, 0.6) is 0 Å². The van der Waals surface area contributed by atoms with E-state index in [0.29, 0.717) is 0 Å². The van der Waals surface area contributed by atoms with Crippen LogP contribution in [0, 0.1) is 0 Å². The lowest BCUT2D eigenvalue weighted by Crippen LogP contribution is -1.81. The molecule has 0 amide bonds. The van der Waals surface area contributed by atoms with Crippen molar-refractivity contribution in [2.45, 2.75) is 13.3 Å². The van der Waals surface area contributed by atoms with E-state index < -0.39 is 0 Å². The molecule has 0 fully saturated rings. The van der Waals surface area contributed by atoms with Gasteiger partial charge >= 0.3 is 0 Å². The van der Waals surface area contributed by atoms with Crippen LogP contribution in [0.2, 0.25) is 0 Å². The standard InChI is InChI=1S/C12H14/c1-3-7-11(8-4-2)12-9-5-6-10-12/h3-9H,1,10H2,2H3/b8-4-,11-7+. The first-order valence-electron chi connectivity index (χ1n) is 4.20. The van der Waals surface area contributed by atoms with Gasteiger partial charge in [0.25, 0.3) is 0 Å². The molecule has 1 rings (SSSR count). The summed E-state index contributed by atoms with van der Waals surface area (Å²) in [7, 11) is 0. The van der Waals surface area contributed by atoms with Gasteiger partial charge in [-0.1, -0.05) is 49.1 Å². The number of rotatable bonds is 3. The van der Waals surface area contributed by atoms with Crippen molar-refractivity contribution < 1.29 is 0 Å². The van der Waals surface area contributed by atoms with Gasteiger partial charge < -0.3 is 0 Å². The Balaban J connectivity index is 2.80. The maximum atomic E-state index is 3.70. The Bertz CT molecular complexity index is 272. The fourth-order valence-corrected chi connectivity index (χ4v) is 1.24. The zero-order valence-corrected chi connectivity index (χ0v) is 7.46. The van der Waals surface area contributed by atoms with E-state index in [0.717, 1.165) is 6.42 Å². The molecule has 0 radical (unpaired) electrons. The molecule has 0 aromatic rings. The topological polar surface area (TPSA) is 0 Å². The third-order valence-electron chi connectivity index (χ3n) is 1.79. The summed E-state index contributed by atoms with van der Waals surface area (Å²) in [4.78, 5) is 0. The van der Waals surface area contributed by atoms with E-state index >= 15 is 0 Å². The lowest BCUT2D eigenvalue weighted by Gasteiger charge is -2.00. The Morgan fingerprint density at radius 2 is 2.42 bits per heavy atom. The predicted octanol–water partition coefficient (Wildman–Crippen LogP) is 3.56. The molecule has 0 heterocycles. The Morgan fingerprint density at radius 3 is 2.92 bits per heavy atom. The van der Waals surface area contributed by atoms with Crippen molar-refractivity contribution in [3.05, 3.63) is 60.3 Å². The first kappa shape index (κ1) is 8.79. The summed E-state index contributed by atoms with van der Waals surface area (Å²) in [5.41, 5.74) is 2.63. The average molecular weight is 158 g/mol. The van der Waals surface area contributed by atoms with E-state index in [1.165, 1.54) is 11.1 Å². The molecule has 0 unspecified atom stereocenters. The smallest absolute Gasteiger partial charge is 0.00884 e. The van der Waals surface area contributed by atoms with Crippen LogP contribution in [0.3, 0.4) is 0 Å². The monoisotopic (exact) mass is 158 g/mol.